The first-order valence-electron chi connectivity index (χ1n) is 11.6. The number of hydrogen-bond donors (Lipinski definition) is 0. The van der Waals surface area contributed by atoms with Crippen LogP contribution >= 0.6 is 0 Å². The molecule has 0 amide bonds. The smallest absolute Gasteiger partial charge is 0.125 e. The lowest BCUT2D eigenvalue weighted by Crippen LogP contribution is -2.59. The minimum Gasteiger partial charge on any atom is -0.377 e. The first-order valence-corrected chi connectivity index (χ1v) is 11.6. The second-order valence-electron chi connectivity index (χ2n) is 9.70. The topological polar surface area (TPSA) is 34.5 Å². The van der Waals surface area contributed by atoms with Crippen molar-refractivity contribution < 1.29 is 9.53 Å². The molecule has 0 spiro atoms. The summed E-state index contributed by atoms with van der Waals surface area (Å²) >= 11 is 0. The maximum absolute atomic E-state index is 12.1. The number of carbonyl (C=O) groups is 1. The fourth-order valence-electron chi connectivity index (χ4n) is 6.84. The summed E-state index contributed by atoms with van der Waals surface area (Å²) in [5, 5.41) is 1.39. The second kappa shape index (κ2) is 7.32. The number of hydrogen-bond acceptors (Lipinski definition) is 3. The molecule has 0 saturated carbocycles. The van der Waals surface area contributed by atoms with Crippen molar-refractivity contribution in [2.45, 2.75) is 44.5 Å². The van der Waals surface area contributed by atoms with Gasteiger partial charge in [-0.1, -0.05) is 48.5 Å². The predicted molar refractivity (Wildman–Crippen MR) is 122 cm³/mol. The van der Waals surface area contributed by atoms with Crippen LogP contribution in [0.25, 0.3) is 10.9 Å². The summed E-state index contributed by atoms with van der Waals surface area (Å²) in [6, 6.07) is 20.4. The van der Waals surface area contributed by atoms with E-state index in [0.717, 1.165) is 26.0 Å². The molecule has 0 aliphatic carbocycles. The molecule has 6 rings (SSSR count). The molecule has 31 heavy (non-hydrogen) atoms. The molecular formula is C27H30N2O2. The number of para-hydroxylation sites is 1. The zero-order chi connectivity index (χ0) is 21.1. The van der Waals surface area contributed by atoms with Crippen molar-refractivity contribution in [3.05, 3.63) is 71.4 Å². The third kappa shape index (κ3) is 2.85. The average molecular weight is 415 g/mol. The van der Waals surface area contributed by atoms with Crippen LogP contribution in [0.4, 0.5) is 0 Å². The predicted octanol–water partition coefficient (Wildman–Crippen LogP) is 4.52. The Labute approximate surface area is 183 Å². The third-order valence-corrected chi connectivity index (χ3v) is 8.31. The molecule has 2 bridgehead atoms. The van der Waals surface area contributed by atoms with Crippen molar-refractivity contribution in [3.63, 3.8) is 0 Å². The molecule has 2 fully saturated rings. The third-order valence-electron chi connectivity index (χ3n) is 8.31. The van der Waals surface area contributed by atoms with Gasteiger partial charge in [0, 0.05) is 48.1 Å². The minimum atomic E-state index is -0.00106. The van der Waals surface area contributed by atoms with E-state index in [1.165, 1.54) is 34.0 Å². The molecule has 0 N–H and O–H groups in total. The normalized spacial score (nSPS) is 32.5. The fraction of sp³-hybridized carbons (Fsp3) is 0.444. The van der Waals surface area contributed by atoms with Gasteiger partial charge in [0.15, 0.2) is 0 Å². The summed E-state index contributed by atoms with van der Waals surface area (Å²) in [5.74, 6) is 0.798. The molecule has 2 aromatic carbocycles. The molecule has 3 aliphatic rings. The summed E-state index contributed by atoms with van der Waals surface area (Å²) in [6.07, 6.45) is 3.26. The highest BCUT2D eigenvalue weighted by Gasteiger charge is 2.53. The number of aryl methyl sites for hydroxylation is 1. The molecule has 3 aromatic rings. The van der Waals surface area contributed by atoms with Crippen LogP contribution in [0, 0.1) is 17.8 Å². The number of benzene rings is 2. The SMILES string of the molecule is C[C@@H]1OC[C@@H]2[C@@H](C[C@H]3c4c(c5ccccc5n4C)C[C@@H]2N3Cc2ccccc2)[C@@H]1C=O. The minimum absolute atomic E-state index is 0.00106. The number of ether oxygens (including phenoxy) is 1. The monoisotopic (exact) mass is 414 g/mol. The number of carbonyl (C=O) groups excluding carboxylic acids is 1. The van der Waals surface area contributed by atoms with Gasteiger partial charge in [-0.15, -0.1) is 0 Å². The first kappa shape index (κ1) is 19.3. The lowest BCUT2D eigenvalue weighted by molar-refractivity contribution is -0.155. The Morgan fingerprint density at radius 3 is 2.65 bits per heavy atom. The highest BCUT2D eigenvalue weighted by atomic mass is 16.5. The maximum Gasteiger partial charge on any atom is 0.125 e. The van der Waals surface area contributed by atoms with Crippen molar-refractivity contribution in [1.29, 1.82) is 0 Å². The first-order chi connectivity index (χ1) is 15.2. The summed E-state index contributed by atoms with van der Waals surface area (Å²) in [6.45, 7) is 3.78. The van der Waals surface area contributed by atoms with E-state index in [9.17, 15) is 4.79 Å². The molecule has 2 saturated heterocycles. The van der Waals surface area contributed by atoms with Crippen LogP contribution in [0.15, 0.2) is 54.6 Å². The van der Waals surface area contributed by atoms with Crippen LogP contribution in [0.1, 0.15) is 36.2 Å². The van der Waals surface area contributed by atoms with Gasteiger partial charge in [0.05, 0.1) is 18.8 Å². The summed E-state index contributed by atoms with van der Waals surface area (Å²) in [5.41, 5.74) is 5.64. The number of fused-ring (bicyclic) bond motifs is 8. The van der Waals surface area contributed by atoms with Gasteiger partial charge in [-0.3, -0.25) is 4.90 Å². The highest BCUT2D eigenvalue weighted by molar-refractivity contribution is 5.86. The van der Waals surface area contributed by atoms with Gasteiger partial charge >= 0.3 is 0 Å². The van der Waals surface area contributed by atoms with Crippen molar-refractivity contribution in [2.24, 2.45) is 24.8 Å². The number of aldehydes is 1. The maximum atomic E-state index is 12.1. The van der Waals surface area contributed by atoms with E-state index in [4.69, 9.17) is 4.74 Å². The van der Waals surface area contributed by atoms with E-state index in [1.807, 2.05) is 0 Å². The number of rotatable bonds is 3. The summed E-state index contributed by atoms with van der Waals surface area (Å²) in [4.78, 5) is 14.8. The van der Waals surface area contributed by atoms with E-state index < -0.39 is 0 Å². The molecule has 4 nitrogen and oxygen atoms in total. The molecule has 0 unspecified atom stereocenters. The number of nitrogens with zero attached hydrogens (tertiary/aromatic N) is 2. The zero-order valence-electron chi connectivity index (χ0n) is 18.3. The molecular weight excluding hydrogens is 384 g/mol. The zero-order valence-corrected chi connectivity index (χ0v) is 18.3. The van der Waals surface area contributed by atoms with E-state index in [-0.39, 0.29) is 12.0 Å². The Bertz CT molecular complexity index is 1120. The number of aromatic nitrogens is 1. The lowest BCUT2D eigenvalue weighted by atomic mass is 9.64. The van der Waals surface area contributed by atoms with Crippen molar-refractivity contribution in [3.8, 4) is 0 Å². The quantitative estimate of drug-likeness (QED) is 0.591. The van der Waals surface area contributed by atoms with Gasteiger partial charge in [0.25, 0.3) is 0 Å². The number of piperidine rings is 1. The fourth-order valence-corrected chi connectivity index (χ4v) is 6.84. The van der Waals surface area contributed by atoms with Crippen molar-refractivity contribution in [1.82, 2.24) is 9.47 Å². The Morgan fingerprint density at radius 2 is 1.84 bits per heavy atom. The Kier molecular flexibility index (Phi) is 4.55. The van der Waals surface area contributed by atoms with Crippen LogP contribution in [-0.2, 0) is 29.5 Å². The van der Waals surface area contributed by atoms with Crippen LogP contribution < -0.4 is 0 Å². The van der Waals surface area contributed by atoms with Gasteiger partial charge in [0.2, 0.25) is 0 Å². The van der Waals surface area contributed by atoms with Crippen LogP contribution in [0.3, 0.4) is 0 Å². The van der Waals surface area contributed by atoms with Crippen molar-refractivity contribution >= 4 is 17.2 Å². The van der Waals surface area contributed by atoms with Crippen LogP contribution in [0.2, 0.25) is 0 Å². The van der Waals surface area contributed by atoms with E-state index in [2.05, 4.69) is 78.0 Å². The highest BCUT2D eigenvalue weighted by Crippen LogP contribution is 2.53. The summed E-state index contributed by atoms with van der Waals surface area (Å²) < 4.78 is 8.58. The van der Waals surface area contributed by atoms with Gasteiger partial charge in [-0.2, -0.15) is 0 Å². The standard InChI is InChI=1S/C27H30N2O2/c1-17-22(15-30)20-12-26-27-21(19-10-6-7-11-24(19)28(27)2)13-25(23(20)16-31-17)29(26)14-18-8-4-3-5-9-18/h3-11,15,17,20,22-23,25-26H,12-14,16H2,1-2H3/t17-,20-,22+,23+,25-,26-/m0/s1. The molecule has 3 aliphatic heterocycles. The summed E-state index contributed by atoms with van der Waals surface area (Å²) in [7, 11) is 2.22. The molecule has 4 heterocycles. The largest absolute Gasteiger partial charge is 0.377 e. The molecule has 160 valence electrons. The van der Waals surface area contributed by atoms with E-state index in [0.29, 0.717) is 23.9 Å². The Balaban J connectivity index is 1.50. The van der Waals surface area contributed by atoms with Gasteiger partial charge in [-0.05, 0) is 42.9 Å². The van der Waals surface area contributed by atoms with Crippen LogP contribution in [0.5, 0.6) is 0 Å². The Hall–Kier alpha value is -2.43. The molecule has 6 atom stereocenters. The molecule has 4 heteroatoms. The lowest BCUT2D eigenvalue weighted by Gasteiger charge is -2.56. The molecule has 1 aromatic heterocycles. The van der Waals surface area contributed by atoms with Crippen molar-refractivity contribution in [2.75, 3.05) is 6.61 Å². The van der Waals surface area contributed by atoms with E-state index in [1.54, 1.807) is 0 Å². The average Bonchev–Trinajstić information content (AvgIpc) is 3.07. The van der Waals surface area contributed by atoms with Gasteiger partial charge in [0.1, 0.15) is 6.29 Å². The van der Waals surface area contributed by atoms with Gasteiger partial charge < -0.3 is 14.1 Å². The van der Waals surface area contributed by atoms with Crippen LogP contribution in [-0.4, -0.2) is 34.5 Å². The second-order valence-corrected chi connectivity index (χ2v) is 9.70. The van der Waals surface area contributed by atoms with E-state index >= 15 is 0 Å². The Morgan fingerprint density at radius 1 is 1.06 bits per heavy atom. The molecule has 0 radical (unpaired) electrons. The van der Waals surface area contributed by atoms with Gasteiger partial charge in [-0.25, -0.2) is 0 Å².